The van der Waals surface area contributed by atoms with Crippen LogP contribution in [0.5, 0.6) is 5.75 Å². The van der Waals surface area contributed by atoms with Gasteiger partial charge in [-0.15, -0.1) is 0 Å². The zero-order chi connectivity index (χ0) is 22.3. The van der Waals surface area contributed by atoms with Gasteiger partial charge in [-0.1, -0.05) is 6.92 Å². The molecule has 5 rings (SSSR count). The molecule has 4 heterocycles. The molecular formula is C24H29N5O3. The highest BCUT2D eigenvalue weighted by Crippen LogP contribution is 2.42. The summed E-state index contributed by atoms with van der Waals surface area (Å²) in [6, 6.07) is 5.80. The van der Waals surface area contributed by atoms with Crippen LogP contribution < -0.4 is 15.0 Å². The minimum absolute atomic E-state index is 0.0615. The molecule has 1 saturated heterocycles. The summed E-state index contributed by atoms with van der Waals surface area (Å²) in [5, 5.41) is 17.2. The second kappa shape index (κ2) is 8.09. The van der Waals surface area contributed by atoms with E-state index in [1.54, 1.807) is 29.2 Å². The summed E-state index contributed by atoms with van der Waals surface area (Å²) in [4.78, 5) is 19.9. The van der Waals surface area contributed by atoms with Crippen LogP contribution in [0.15, 0.2) is 36.8 Å². The predicted molar refractivity (Wildman–Crippen MR) is 122 cm³/mol. The van der Waals surface area contributed by atoms with E-state index >= 15 is 0 Å². The third-order valence-electron chi connectivity index (χ3n) is 6.56. The van der Waals surface area contributed by atoms with Crippen molar-refractivity contribution in [3.63, 3.8) is 0 Å². The van der Waals surface area contributed by atoms with Gasteiger partial charge < -0.3 is 20.1 Å². The average molecular weight is 436 g/mol. The molecule has 2 aliphatic rings. The third kappa shape index (κ3) is 3.79. The smallest absolute Gasteiger partial charge is 0.261 e. The van der Waals surface area contributed by atoms with E-state index < -0.39 is 5.60 Å². The van der Waals surface area contributed by atoms with Crippen molar-refractivity contribution in [1.29, 1.82) is 0 Å². The SMILES string of the molecule is CC1CCCN(c2cc3c(cc2NC(=O)c2cnn4cccnc24)CC(C)(CO)O3)CC1. The number of benzene rings is 1. The zero-order valence-electron chi connectivity index (χ0n) is 18.5. The lowest BCUT2D eigenvalue weighted by Crippen LogP contribution is -2.34. The summed E-state index contributed by atoms with van der Waals surface area (Å²) in [7, 11) is 0. The van der Waals surface area contributed by atoms with E-state index in [1.165, 1.54) is 6.42 Å². The Bertz CT molecular complexity index is 1160. The van der Waals surface area contributed by atoms with E-state index in [-0.39, 0.29) is 12.5 Å². The Kier molecular flexibility index (Phi) is 5.25. The van der Waals surface area contributed by atoms with Gasteiger partial charge in [0.15, 0.2) is 5.65 Å². The van der Waals surface area contributed by atoms with Crippen molar-refractivity contribution in [3.05, 3.63) is 47.9 Å². The fourth-order valence-electron chi connectivity index (χ4n) is 4.68. The van der Waals surface area contributed by atoms with Crippen molar-refractivity contribution < 1.29 is 14.6 Å². The summed E-state index contributed by atoms with van der Waals surface area (Å²) in [6.07, 6.45) is 8.99. The first-order chi connectivity index (χ1) is 15.5. The molecule has 2 aliphatic heterocycles. The molecule has 1 fully saturated rings. The Balaban J connectivity index is 1.51. The van der Waals surface area contributed by atoms with Crippen molar-refractivity contribution >= 4 is 22.9 Å². The van der Waals surface area contributed by atoms with Gasteiger partial charge in [-0.25, -0.2) is 9.50 Å². The van der Waals surface area contributed by atoms with Crippen LogP contribution in [0.4, 0.5) is 11.4 Å². The van der Waals surface area contributed by atoms with E-state index in [0.717, 1.165) is 48.6 Å². The molecule has 1 amide bonds. The molecule has 0 radical (unpaired) electrons. The molecule has 0 bridgehead atoms. The van der Waals surface area contributed by atoms with Crippen LogP contribution in [0.3, 0.4) is 0 Å². The number of fused-ring (bicyclic) bond motifs is 2. The Morgan fingerprint density at radius 2 is 2.22 bits per heavy atom. The normalized spacial score (nSPS) is 23.0. The standard InChI is InChI=1S/C24H29N5O3/c1-16-5-3-8-28(10-6-16)20-12-21-17(13-24(2,15-30)32-21)11-19(20)27-23(31)18-14-26-29-9-4-7-25-22(18)29/h4,7,9,11-12,14,16,30H,3,5-6,8,10,13,15H2,1-2H3,(H,27,31). The third-order valence-corrected chi connectivity index (χ3v) is 6.56. The summed E-state index contributed by atoms with van der Waals surface area (Å²) in [6.45, 7) is 6.00. The number of amides is 1. The minimum atomic E-state index is -0.637. The Labute approximate surface area is 187 Å². The summed E-state index contributed by atoms with van der Waals surface area (Å²) >= 11 is 0. The molecule has 8 heteroatoms. The highest BCUT2D eigenvalue weighted by Gasteiger charge is 2.35. The Morgan fingerprint density at radius 3 is 3.06 bits per heavy atom. The highest BCUT2D eigenvalue weighted by atomic mass is 16.5. The first kappa shape index (κ1) is 20.8. The average Bonchev–Trinajstić information content (AvgIpc) is 3.28. The van der Waals surface area contributed by atoms with Crippen molar-refractivity contribution in [2.45, 2.75) is 45.1 Å². The maximum atomic E-state index is 13.2. The molecule has 0 aliphatic carbocycles. The molecule has 32 heavy (non-hydrogen) atoms. The van der Waals surface area contributed by atoms with Gasteiger partial charge in [-0.3, -0.25) is 4.79 Å². The Morgan fingerprint density at radius 1 is 1.34 bits per heavy atom. The molecule has 2 unspecified atom stereocenters. The highest BCUT2D eigenvalue weighted by molar-refractivity contribution is 6.09. The molecule has 3 aromatic rings. The number of hydrogen-bond donors (Lipinski definition) is 2. The molecule has 168 valence electrons. The lowest BCUT2D eigenvalue weighted by molar-refractivity contribution is 0.0447. The van der Waals surface area contributed by atoms with Crippen LogP contribution in [0.1, 0.15) is 49.0 Å². The van der Waals surface area contributed by atoms with Crippen molar-refractivity contribution in [3.8, 4) is 5.75 Å². The number of ether oxygens (including phenoxy) is 1. The molecule has 2 aromatic heterocycles. The maximum absolute atomic E-state index is 13.2. The maximum Gasteiger partial charge on any atom is 0.261 e. The topological polar surface area (TPSA) is 92.0 Å². The van der Waals surface area contributed by atoms with E-state index in [0.29, 0.717) is 23.5 Å². The van der Waals surface area contributed by atoms with Gasteiger partial charge in [0.2, 0.25) is 0 Å². The molecule has 0 spiro atoms. The van der Waals surface area contributed by atoms with E-state index in [9.17, 15) is 9.90 Å². The number of aliphatic hydroxyl groups is 1. The minimum Gasteiger partial charge on any atom is -0.484 e. The largest absolute Gasteiger partial charge is 0.484 e. The van der Waals surface area contributed by atoms with Gasteiger partial charge in [-0.2, -0.15) is 5.10 Å². The van der Waals surface area contributed by atoms with Crippen LogP contribution in [-0.2, 0) is 6.42 Å². The number of nitrogens with zero attached hydrogens (tertiary/aromatic N) is 4. The molecule has 2 N–H and O–H groups in total. The number of nitrogens with one attached hydrogen (secondary N) is 1. The second-order valence-electron chi connectivity index (χ2n) is 9.29. The lowest BCUT2D eigenvalue weighted by Gasteiger charge is -2.26. The number of aliphatic hydroxyl groups excluding tert-OH is 1. The van der Waals surface area contributed by atoms with E-state index in [1.807, 2.05) is 19.1 Å². The van der Waals surface area contributed by atoms with Gasteiger partial charge >= 0.3 is 0 Å². The number of carbonyl (C=O) groups is 1. The lowest BCUT2D eigenvalue weighted by atomic mass is 9.99. The van der Waals surface area contributed by atoms with Crippen LogP contribution >= 0.6 is 0 Å². The fourth-order valence-corrected chi connectivity index (χ4v) is 4.68. The van der Waals surface area contributed by atoms with Crippen LogP contribution in [0, 0.1) is 5.92 Å². The summed E-state index contributed by atoms with van der Waals surface area (Å²) < 4.78 is 7.70. The molecule has 1 aromatic carbocycles. The number of aromatic nitrogens is 3. The molecule has 0 saturated carbocycles. The van der Waals surface area contributed by atoms with Gasteiger partial charge in [0.1, 0.15) is 16.9 Å². The second-order valence-corrected chi connectivity index (χ2v) is 9.29. The van der Waals surface area contributed by atoms with Gasteiger partial charge in [0, 0.05) is 43.5 Å². The number of rotatable bonds is 4. The van der Waals surface area contributed by atoms with Crippen LogP contribution in [0.2, 0.25) is 0 Å². The molecule has 2 atom stereocenters. The quantitative estimate of drug-likeness (QED) is 0.653. The monoisotopic (exact) mass is 435 g/mol. The first-order valence-electron chi connectivity index (χ1n) is 11.3. The van der Waals surface area contributed by atoms with Crippen LogP contribution in [-0.4, -0.2) is 50.9 Å². The zero-order valence-corrected chi connectivity index (χ0v) is 18.5. The fraction of sp³-hybridized carbons (Fsp3) is 0.458. The van der Waals surface area contributed by atoms with E-state index in [4.69, 9.17) is 4.74 Å². The predicted octanol–water partition coefficient (Wildman–Crippen LogP) is 3.29. The molecule has 8 nitrogen and oxygen atoms in total. The molecular weight excluding hydrogens is 406 g/mol. The van der Waals surface area contributed by atoms with Gasteiger partial charge in [0.25, 0.3) is 5.91 Å². The summed E-state index contributed by atoms with van der Waals surface area (Å²) in [5.41, 5.74) is 3.01. The van der Waals surface area contributed by atoms with Gasteiger partial charge in [0.05, 0.1) is 24.2 Å². The first-order valence-corrected chi connectivity index (χ1v) is 11.3. The van der Waals surface area contributed by atoms with Crippen molar-refractivity contribution in [1.82, 2.24) is 14.6 Å². The van der Waals surface area contributed by atoms with Crippen LogP contribution in [0.25, 0.3) is 5.65 Å². The van der Waals surface area contributed by atoms with Crippen molar-refractivity contribution in [2.24, 2.45) is 5.92 Å². The van der Waals surface area contributed by atoms with E-state index in [2.05, 4.69) is 27.2 Å². The van der Waals surface area contributed by atoms with Crippen molar-refractivity contribution in [2.75, 3.05) is 29.9 Å². The van der Waals surface area contributed by atoms with Gasteiger partial charge in [-0.05, 0) is 44.2 Å². The number of hydrogen-bond acceptors (Lipinski definition) is 6. The number of anilines is 2. The number of carbonyl (C=O) groups excluding carboxylic acids is 1. The summed E-state index contributed by atoms with van der Waals surface area (Å²) in [5.74, 6) is 1.22. The Hall–Kier alpha value is -3.13.